The molecule has 0 spiro atoms. The minimum Gasteiger partial charge on any atom is -0.503 e. The summed E-state index contributed by atoms with van der Waals surface area (Å²) in [6.45, 7) is 4.64. The summed E-state index contributed by atoms with van der Waals surface area (Å²) in [6.07, 6.45) is 0. The van der Waals surface area contributed by atoms with Crippen molar-refractivity contribution in [1.29, 1.82) is 0 Å². The first-order valence-electron chi connectivity index (χ1n) is 8.73. The molecule has 0 unspecified atom stereocenters. The lowest BCUT2D eigenvalue weighted by Gasteiger charge is -2.28. The van der Waals surface area contributed by atoms with Crippen LogP contribution < -0.4 is 0 Å². The van der Waals surface area contributed by atoms with Gasteiger partial charge in [-0.1, -0.05) is 30.3 Å². The quantitative estimate of drug-likeness (QED) is 0.774. The minimum absolute atomic E-state index is 0.136. The van der Waals surface area contributed by atoms with Crippen LogP contribution in [-0.4, -0.2) is 58.8 Å². The summed E-state index contributed by atoms with van der Waals surface area (Å²) in [5.74, 6) is -1.30. The molecule has 0 saturated carbocycles. The van der Waals surface area contributed by atoms with E-state index < -0.39 is 17.7 Å². The Balaban J connectivity index is 2.07. The van der Waals surface area contributed by atoms with Gasteiger partial charge >= 0.3 is 0 Å². The number of benzene rings is 1. The number of aliphatic hydroxyl groups is 1. The van der Waals surface area contributed by atoms with Crippen molar-refractivity contribution in [3.8, 4) is 0 Å². The summed E-state index contributed by atoms with van der Waals surface area (Å²) < 4.78 is 0. The number of likely N-dealkylation sites (N-methyl/N-ethyl adjacent to an activating group) is 1. The number of hydrogen-bond donors (Lipinski definition) is 1. The van der Waals surface area contributed by atoms with Crippen molar-refractivity contribution in [2.75, 3.05) is 27.2 Å². The molecule has 1 aromatic heterocycles. The van der Waals surface area contributed by atoms with Gasteiger partial charge in [0.05, 0.1) is 27.2 Å². The van der Waals surface area contributed by atoms with E-state index in [0.717, 1.165) is 10.6 Å². The third-order valence-corrected chi connectivity index (χ3v) is 5.63. The maximum absolute atomic E-state index is 13.3. The molecule has 0 radical (unpaired) electrons. The molecule has 1 atom stereocenters. The van der Waals surface area contributed by atoms with Crippen molar-refractivity contribution >= 4 is 23.0 Å². The van der Waals surface area contributed by atoms with Crippen LogP contribution in [0.4, 0.5) is 0 Å². The zero-order valence-electron chi connectivity index (χ0n) is 15.9. The molecular weight excluding hydrogens is 362 g/mol. The number of aromatic nitrogens is 1. The van der Waals surface area contributed by atoms with Crippen molar-refractivity contribution in [2.45, 2.75) is 19.9 Å². The van der Waals surface area contributed by atoms with Crippen LogP contribution in [0.15, 0.2) is 41.7 Å². The number of carbonyl (C=O) groups excluding carboxylic acids is 2. The van der Waals surface area contributed by atoms with E-state index >= 15 is 0 Å². The lowest BCUT2D eigenvalue weighted by molar-refractivity contribution is -0.129. The Labute approximate surface area is 162 Å². The van der Waals surface area contributed by atoms with Crippen LogP contribution in [0, 0.1) is 13.8 Å². The zero-order valence-corrected chi connectivity index (χ0v) is 16.7. The van der Waals surface area contributed by atoms with Gasteiger partial charge in [0.25, 0.3) is 5.91 Å². The monoisotopic (exact) mass is 385 g/mol. The van der Waals surface area contributed by atoms with Gasteiger partial charge in [-0.05, 0) is 33.5 Å². The number of amides is 1. The Bertz CT molecular complexity index is 902. The molecule has 6 nitrogen and oxygen atoms in total. The summed E-state index contributed by atoms with van der Waals surface area (Å²) in [5.41, 5.74) is 1.56. The molecule has 0 saturated heterocycles. The van der Waals surface area contributed by atoms with Gasteiger partial charge in [0.1, 0.15) is 0 Å². The first kappa shape index (κ1) is 19.3. The molecule has 0 fully saturated rings. The van der Waals surface area contributed by atoms with Crippen LogP contribution in [0.1, 0.15) is 32.0 Å². The standard InChI is InChI=1S/C20H23N3O3S/c1-12-19(27-13(2)21-12)17(24)15-16(14-8-6-5-7-9-14)23(11-10-22(3)4)20(26)18(15)25/h5-9,16,25H,10-11H2,1-4H3/t16-/m1/s1. The number of carbonyl (C=O) groups is 2. The van der Waals surface area contributed by atoms with Crippen molar-refractivity contribution < 1.29 is 14.7 Å². The number of nitrogens with zero attached hydrogens (tertiary/aromatic N) is 3. The van der Waals surface area contributed by atoms with Gasteiger partial charge in [-0.2, -0.15) is 0 Å². The molecule has 2 aromatic rings. The number of aryl methyl sites for hydroxylation is 2. The highest BCUT2D eigenvalue weighted by atomic mass is 32.1. The minimum atomic E-state index is -0.604. The van der Waals surface area contributed by atoms with Crippen LogP contribution in [0.5, 0.6) is 0 Å². The van der Waals surface area contributed by atoms with Crippen LogP contribution in [0.2, 0.25) is 0 Å². The van der Waals surface area contributed by atoms with Crippen molar-refractivity contribution in [1.82, 2.24) is 14.8 Å². The molecule has 2 heterocycles. The van der Waals surface area contributed by atoms with E-state index in [4.69, 9.17) is 0 Å². The van der Waals surface area contributed by atoms with Crippen LogP contribution in [0.25, 0.3) is 0 Å². The van der Waals surface area contributed by atoms with Gasteiger partial charge < -0.3 is 14.9 Å². The van der Waals surface area contributed by atoms with Gasteiger partial charge in [-0.15, -0.1) is 11.3 Å². The van der Waals surface area contributed by atoms with E-state index in [2.05, 4.69) is 4.98 Å². The summed E-state index contributed by atoms with van der Waals surface area (Å²) >= 11 is 1.29. The second-order valence-electron chi connectivity index (χ2n) is 6.85. The topological polar surface area (TPSA) is 73.7 Å². The Morgan fingerprint density at radius 2 is 1.93 bits per heavy atom. The van der Waals surface area contributed by atoms with Crippen LogP contribution in [0.3, 0.4) is 0 Å². The van der Waals surface area contributed by atoms with Crippen molar-refractivity contribution in [3.05, 3.63) is 62.8 Å². The Kier molecular flexibility index (Phi) is 5.43. The molecule has 3 rings (SSSR count). The Morgan fingerprint density at radius 1 is 1.26 bits per heavy atom. The predicted octanol–water partition coefficient (Wildman–Crippen LogP) is 2.90. The van der Waals surface area contributed by atoms with Gasteiger partial charge in [0.2, 0.25) is 5.78 Å². The molecule has 142 valence electrons. The predicted molar refractivity (Wildman–Crippen MR) is 105 cm³/mol. The van der Waals surface area contributed by atoms with Crippen LogP contribution in [-0.2, 0) is 4.79 Å². The van der Waals surface area contributed by atoms with Crippen molar-refractivity contribution in [3.63, 3.8) is 0 Å². The fraction of sp³-hybridized carbons (Fsp3) is 0.350. The molecule has 7 heteroatoms. The SMILES string of the molecule is Cc1nc(C)c(C(=O)C2=C(O)C(=O)N(CCN(C)C)[C@@H]2c2ccccc2)s1. The maximum atomic E-state index is 13.3. The highest BCUT2D eigenvalue weighted by Gasteiger charge is 2.44. The number of thiazole rings is 1. The number of ketones is 1. The fourth-order valence-corrected chi connectivity index (χ4v) is 4.14. The highest BCUT2D eigenvalue weighted by molar-refractivity contribution is 7.14. The lowest BCUT2D eigenvalue weighted by atomic mass is 9.95. The van der Waals surface area contributed by atoms with Gasteiger partial charge in [-0.3, -0.25) is 9.59 Å². The molecule has 0 aliphatic carbocycles. The van der Waals surface area contributed by atoms with Crippen LogP contribution >= 0.6 is 11.3 Å². The Morgan fingerprint density at radius 3 is 2.48 bits per heavy atom. The summed E-state index contributed by atoms with van der Waals surface area (Å²) in [4.78, 5) is 34.4. The zero-order chi connectivity index (χ0) is 19.7. The lowest BCUT2D eigenvalue weighted by Crippen LogP contribution is -2.36. The fourth-order valence-electron chi connectivity index (χ4n) is 3.27. The largest absolute Gasteiger partial charge is 0.503 e. The number of aliphatic hydroxyl groups excluding tert-OH is 1. The molecule has 1 N–H and O–H groups in total. The average molecular weight is 385 g/mol. The highest BCUT2D eigenvalue weighted by Crippen LogP contribution is 2.39. The van der Waals surface area contributed by atoms with Crippen molar-refractivity contribution in [2.24, 2.45) is 0 Å². The summed E-state index contributed by atoms with van der Waals surface area (Å²) in [7, 11) is 3.84. The van der Waals surface area contributed by atoms with E-state index in [9.17, 15) is 14.7 Å². The van der Waals surface area contributed by atoms with Gasteiger partial charge in [-0.25, -0.2) is 4.98 Å². The molecule has 1 aromatic carbocycles. The third kappa shape index (κ3) is 3.65. The van der Waals surface area contributed by atoms with E-state index in [1.165, 1.54) is 11.3 Å². The number of rotatable bonds is 6. The summed E-state index contributed by atoms with van der Waals surface area (Å²) in [6, 6.07) is 8.75. The molecular formula is C20H23N3O3S. The Hall–Kier alpha value is -2.51. The number of hydrogen-bond acceptors (Lipinski definition) is 6. The smallest absolute Gasteiger partial charge is 0.290 e. The molecule has 27 heavy (non-hydrogen) atoms. The molecule has 1 aliphatic rings. The van der Waals surface area contributed by atoms with E-state index in [1.54, 1.807) is 11.8 Å². The molecule has 1 amide bonds. The second kappa shape index (κ2) is 7.62. The average Bonchev–Trinajstić information content (AvgIpc) is 3.10. The molecule has 0 bridgehead atoms. The second-order valence-corrected chi connectivity index (χ2v) is 8.06. The van der Waals surface area contributed by atoms with Gasteiger partial charge in [0.15, 0.2) is 5.76 Å². The normalized spacial score (nSPS) is 17.3. The maximum Gasteiger partial charge on any atom is 0.290 e. The molecule has 1 aliphatic heterocycles. The third-order valence-electron chi connectivity index (χ3n) is 4.56. The van der Waals surface area contributed by atoms with E-state index in [-0.39, 0.29) is 11.4 Å². The first-order chi connectivity index (χ1) is 12.8. The summed E-state index contributed by atoms with van der Waals surface area (Å²) in [5, 5.41) is 11.4. The number of Topliss-reactive ketones (excluding diaryl/α,β-unsaturated/α-hetero) is 1. The van der Waals surface area contributed by atoms with E-state index in [1.807, 2.05) is 56.3 Å². The van der Waals surface area contributed by atoms with E-state index in [0.29, 0.717) is 23.7 Å². The van der Waals surface area contributed by atoms with Gasteiger partial charge in [0, 0.05) is 13.1 Å². The first-order valence-corrected chi connectivity index (χ1v) is 9.55.